The van der Waals surface area contributed by atoms with E-state index in [-0.39, 0.29) is 5.91 Å². The molecule has 0 radical (unpaired) electrons. The van der Waals surface area contributed by atoms with Crippen molar-refractivity contribution in [2.75, 3.05) is 26.8 Å². The van der Waals surface area contributed by atoms with Gasteiger partial charge in [-0.05, 0) is 19.8 Å². The van der Waals surface area contributed by atoms with Gasteiger partial charge < -0.3 is 15.4 Å². The van der Waals surface area contributed by atoms with E-state index < -0.39 is 0 Å². The van der Waals surface area contributed by atoms with E-state index in [9.17, 15) is 4.79 Å². The molecule has 0 aliphatic carbocycles. The second kappa shape index (κ2) is 12.8. The summed E-state index contributed by atoms with van der Waals surface area (Å²) >= 11 is 0. The van der Waals surface area contributed by atoms with Crippen LogP contribution in [0.2, 0.25) is 0 Å². The Kier molecular flexibility index (Phi) is 12.4. The number of carbonyl (C=O) groups excluding carboxylic acids is 1. The molecular weight excluding hydrogens is 228 g/mol. The average Bonchev–Trinajstić information content (AvgIpc) is 2.37. The minimum absolute atomic E-state index is 0.0755. The first-order valence-corrected chi connectivity index (χ1v) is 7.19. The zero-order valence-corrected chi connectivity index (χ0v) is 12.3. The summed E-state index contributed by atoms with van der Waals surface area (Å²) in [5, 5.41) is 6.12. The van der Waals surface area contributed by atoms with Gasteiger partial charge in [0, 0.05) is 26.3 Å². The van der Waals surface area contributed by atoms with Crippen LogP contribution in [0, 0.1) is 0 Å². The monoisotopic (exact) mass is 258 g/mol. The zero-order valence-electron chi connectivity index (χ0n) is 12.3. The smallest absolute Gasteiger partial charge is 0.233 e. The standard InChI is InChI=1S/C14H30N2O2/c1-4-5-6-7-9-13(2)16-12-14(17)15-10-8-11-18-3/h13,16H,4-12H2,1-3H3,(H,15,17). The predicted molar refractivity (Wildman–Crippen MR) is 75.7 cm³/mol. The van der Waals surface area contributed by atoms with Crippen LogP contribution in [0.4, 0.5) is 0 Å². The van der Waals surface area contributed by atoms with Crippen molar-refractivity contribution in [1.29, 1.82) is 0 Å². The van der Waals surface area contributed by atoms with Crippen molar-refractivity contribution in [3.8, 4) is 0 Å². The first-order valence-electron chi connectivity index (χ1n) is 7.19. The van der Waals surface area contributed by atoms with Crippen molar-refractivity contribution in [2.45, 2.75) is 58.4 Å². The van der Waals surface area contributed by atoms with Crippen LogP contribution in [0.3, 0.4) is 0 Å². The van der Waals surface area contributed by atoms with E-state index in [4.69, 9.17) is 4.74 Å². The third kappa shape index (κ3) is 11.9. The van der Waals surface area contributed by atoms with E-state index in [0.29, 0.717) is 25.7 Å². The second-order valence-corrected chi connectivity index (χ2v) is 4.83. The van der Waals surface area contributed by atoms with Crippen molar-refractivity contribution in [2.24, 2.45) is 0 Å². The van der Waals surface area contributed by atoms with E-state index in [0.717, 1.165) is 12.8 Å². The van der Waals surface area contributed by atoms with Gasteiger partial charge in [0.1, 0.15) is 0 Å². The van der Waals surface area contributed by atoms with Gasteiger partial charge in [-0.1, -0.05) is 32.6 Å². The van der Waals surface area contributed by atoms with Crippen LogP contribution in [0.15, 0.2) is 0 Å². The summed E-state index contributed by atoms with van der Waals surface area (Å²) in [7, 11) is 1.67. The number of amides is 1. The minimum atomic E-state index is 0.0755. The van der Waals surface area contributed by atoms with Crippen LogP contribution in [0.25, 0.3) is 0 Å². The third-order valence-electron chi connectivity index (χ3n) is 2.95. The molecule has 0 aliphatic heterocycles. The molecule has 0 fully saturated rings. The van der Waals surface area contributed by atoms with Gasteiger partial charge in [0.05, 0.1) is 6.54 Å². The molecule has 1 unspecified atom stereocenters. The topological polar surface area (TPSA) is 50.4 Å². The zero-order chi connectivity index (χ0) is 13.6. The molecule has 2 N–H and O–H groups in total. The average molecular weight is 258 g/mol. The van der Waals surface area contributed by atoms with Gasteiger partial charge in [-0.15, -0.1) is 0 Å². The number of methoxy groups -OCH3 is 1. The van der Waals surface area contributed by atoms with Crippen LogP contribution >= 0.6 is 0 Å². The molecule has 0 bridgehead atoms. The molecular formula is C14H30N2O2. The fraction of sp³-hybridized carbons (Fsp3) is 0.929. The molecule has 0 saturated heterocycles. The number of ether oxygens (including phenoxy) is 1. The summed E-state index contributed by atoms with van der Waals surface area (Å²) in [6.45, 7) is 6.17. The molecule has 0 heterocycles. The summed E-state index contributed by atoms with van der Waals surface area (Å²) in [6.07, 6.45) is 7.15. The van der Waals surface area contributed by atoms with Crippen molar-refractivity contribution >= 4 is 5.91 Å². The SMILES string of the molecule is CCCCCCC(C)NCC(=O)NCCCOC. The fourth-order valence-corrected chi connectivity index (χ4v) is 1.75. The first-order chi connectivity index (χ1) is 8.70. The number of rotatable bonds is 12. The quantitative estimate of drug-likeness (QED) is 0.527. The number of hydrogen-bond acceptors (Lipinski definition) is 3. The van der Waals surface area contributed by atoms with Crippen LogP contribution in [0.1, 0.15) is 52.4 Å². The van der Waals surface area contributed by atoms with E-state index >= 15 is 0 Å². The predicted octanol–water partition coefficient (Wildman–Crippen LogP) is 2.09. The van der Waals surface area contributed by atoms with E-state index in [1.54, 1.807) is 7.11 Å². The van der Waals surface area contributed by atoms with Crippen molar-refractivity contribution < 1.29 is 9.53 Å². The van der Waals surface area contributed by atoms with Crippen LogP contribution in [-0.2, 0) is 9.53 Å². The maximum absolute atomic E-state index is 11.5. The van der Waals surface area contributed by atoms with Gasteiger partial charge in [-0.2, -0.15) is 0 Å². The Hall–Kier alpha value is -0.610. The molecule has 0 aromatic carbocycles. The minimum Gasteiger partial charge on any atom is -0.385 e. The Labute approximate surface area is 112 Å². The van der Waals surface area contributed by atoms with E-state index in [2.05, 4.69) is 24.5 Å². The normalized spacial score (nSPS) is 12.4. The van der Waals surface area contributed by atoms with Gasteiger partial charge >= 0.3 is 0 Å². The molecule has 1 atom stereocenters. The van der Waals surface area contributed by atoms with Gasteiger partial charge in [0.2, 0.25) is 5.91 Å². The largest absolute Gasteiger partial charge is 0.385 e. The molecule has 0 spiro atoms. The molecule has 0 aromatic heterocycles. The Morgan fingerprint density at radius 2 is 2.00 bits per heavy atom. The summed E-state index contributed by atoms with van der Waals surface area (Å²) in [5.74, 6) is 0.0755. The van der Waals surface area contributed by atoms with E-state index in [1.165, 1.54) is 25.7 Å². The highest BCUT2D eigenvalue weighted by atomic mass is 16.5. The van der Waals surface area contributed by atoms with Gasteiger partial charge in [0.15, 0.2) is 0 Å². The maximum Gasteiger partial charge on any atom is 0.233 e. The number of hydrogen-bond donors (Lipinski definition) is 2. The summed E-state index contributed by atoms with van der Waals surface area (Å²) in [6, 6.07) is 0.423. The highest BCUT2D eigenvalue weighted by molar-refractivity contribution is 5.77. The number of nitrogens with one attached hydrogen (secondary N) is 2. The molecule has 108 valence electrons. The van der Waals surface area contributed by atoms with Gasteiger partial charge in [-0.25, -0.2) is 0 Å². The maximum atomic E-state index is 11.5. The molecule has 4 nitrogen and oxygen atoms in total. The Morgan fingerprint density at radius 1 is 1.22 bits per heavy atom. The fourth-order valence-electron chi connectivity index (χ4n) is 1.75. The highest BCUT2D eigenvalue weighted by Gasteiger charge is 2.04. The molecule has 0 aliphatic rings. The van der Waals surface area contributed by atoms with Crippen molar-refractivity contribution in [3.63, 3.8) is 0 Å². The lowest BCUT2D eigenvalue weighted by Gasteiger charge is -2.13. The van der Waals surface area contributed by atoms with Crippen LogP contribution in [-0.4, -0.2) is 38.8 Å². The van der Waals surface area contributed by atoms with Crippen LogP contribution < -0.4 is 10.6 Å². The third-order valence-corrected chi connectivity index (χ3v) is 2.95. The molecule has 1 amide bonds. The van der Waals surface area contributed by atoms with E-state index in [1.807, 2.05) is 0 Å². The molecule has 0 rings (SSSR count). The lowest BCUT2D eigenvalue weighted by Crippen LogP contribution is -2.38. The summed E-state index contributed by atoms with van der Waals surface area (Å²) in [4.78, 5) is 11.5. The highest BCUT2D eigenvalue weighted by Crippen LogP contribution is 2.04. The second-order valence-electron chi connectivity index (χ2n) is 4.83. The van der Waals surface area contributed by atoms with Gasteiger partial charge in [0.25, 0.3) is 0 Å². The Bertz CT molecular complexity index is 198. The lowest BCUT2D eigenvalue weighted by molar-refractivity contribution is -0.120. The number of carbonyl (C=O) groups is 1. The van der Waals surface area contributed by atoms with Gasteiger partial charge in [-0.3, -0.25) is 4.79 Å². The lowest BCUT2D eigenvalue weighted by atomic mass is 10.1. The van der Waals surface area contributed by atoms with Crippen molar-refractivity contribution in [1.82, 2.24) is 10.6 Å². The summed E-state index contributed by atoms with van der Waals surface area (Å²) in [5.41, 5.74) is 0. The Morgan fingerprint density at radius 3 is 2.67 bits per heavy atom. The molecule has 0 aromatic rings. The number of unbranched alkanes of at least 4 members (excludes halogenated alkanes) is 3. The molecule has 4 heteroatoms. The molecule has 0 saturated carbocycles. The Balaban J connectivity index is 3.35. The first kappa shape index (κ1) is 17.4. The summed E-state index contributed by atoms with van der Waals surface area (Å²) < 4.78 is 4.92. The van der Waals surface area contributed by atoms with Crippen LogP contribution in [0.5, 0.6) is 0 Å². The molecule has 18 heavy (non-hydrogen) atoms. The van der Waals surface area contributed by atoms with Crippen molar-refractivity contribution in [3.05, 3.63) is 0 Å².